The van der Waals surface area contributed by atoms with Gasteiger partial charge in [0, 0.05) is 4.88 Å². The van der Waals surface area contributed by atoms with Gasteiger partial charge in [0.2, 0.25) is 0 Å². The van der Waals surface area contributed by atoms with E-state index < -0.39 is 0 Å². The number of nitrogens with one attached hydrogen (secondary N) is 1. The first-order chi connectivity index (χ1) is 6.13. The van der Waals surface area contributed by atoms with Crippen LogP contribution in [0.3, 0.4) is 0 Å². The minimum Gasteiger partial charge on any atom is -0.467 e. The molecule has 0 aliphatic rings. The average Bonchev–Trinajstić information content (AvgIpc) is 2.49. The molecular formula is C9H14ClNO2S. The van der Waals surface area contributed by atoms with Gasteiger partial charge in [-0.25, -0.2) is 4.79 Å². The van der Waals surface area contributed by atoms with Crippen molar-refractivity contribution in [2.45, 2.75) is 19.9 Å². The second-order valence-corrected chi connectivity index (χ2v) is 4.09. The van der Waals surface area contributed by atoms with Gasteiger partial charge >= 0.3 is 5.97 Å². The first-order valence-corrected chi connectivity index (χ1v) is 4.86. The van der Waals surface area contributed by atoms with E-state index in [1.165, 1.54) is 12.0 Å². The number of carbonyl (C=O) groups is 1. The molecule has 14 heavy (non-hydrogen) atoms. The lowest BCUT2D eigenvalue weighted by Crippen LogP contribution is -2.26. The number of esters is 1. The molecule has 0 radical (unpaired) electrons. The van der Waals surface area contributed by atoms with Gasteiger partial charge in [-0.2, -0.15) is 0 Å². The molecule has 1 rings (SSSR count). The fourth-order valence-corrected chi connectivity index (χ4v) is 1.82. The van der Waals surface area contributed by atoms with Crippen LogP contribution in [0.1, 0.15) is 11.8 Å². The maximum Gasteiger partial charge on any atom is 0.328 e. The monoisotopic (exact) mass is 235 g/mol. The highest BCUT2D eigenvalue weighted by molar-refractivity contribution is 7.16. The summed E-state index contributed by atoms with van der Waals surface area (Å²) in [6, 6.07) is 3.68. The van der Waals surface area contributed by atoms with Gasteiger partial charge in [-0.15, -0.1) is 23.7 Å². The normalized spacial score (nSPS) is 11.4. The molecule has 0 fully saturated rings. The minimum atomic E-state index is -0.289. The van der Waals surface area contributed by atoms with Crippen LogP contribution in [0, 0.1) is 6.92 Å². The Hall–Kier alpha value is -0.740. The average molecular weight is 236 g/mol. The van der Waals surface area contributed by atoms with E-state index in [4.69, 9.17) is 0 Å². The number of anilines is 1. The van der Waals surface area contributed by atoms with Crippen molar-refractivity contribution in [3.8, 4) is 0 Å². The van der Waals surface area contributed by atoms with Crippen molar-refractivity contribution in [1.82, 2.24) is 0 Å². The highest BCUT2D eigenvalue weighted by Gasteiger charge is 2.12. The number of thiophene rings is 1. The third-order valence-corrected chi connectivity index (χ3v) is 2.59. The van der Waals surface area contributed by atoms with Crippen molar-refractivity contribution < 1.29 is 9.53 Å². The molecule has 0 saturated carbocycles. The van der Waals surface area contributed by atoms with Gasteiger partial charge in [-0.1, -0.05) is 0 Å². The summed E-state index contributed by atoms with van der Waals surface area (Å²) in [5, 5.41) is 4.05. The van der Waals surface area contributed by atoms with Crippen molar-refractivity contribution in [3.63, 3.8) is 0 Å². The number of aryl methyl sites for hydroxylation is 1. The Bertz CT molecular complexity index is 301. The molecule has 0 spiro atoms. The molecule has 0 aliphatic heterocycles. The summed E-state index contributed by atoms with van der Waals surface area (Å²) in [5.41, 5.74) is 0. The van der Waals surface area contributed by atoms with Crippen molar-refractivity contribution in [2.24, 2.45) is 0 Å². The molecule has 1 aromatic heterocycles. The van der Waals surface area contributed by atoms with Gasteiger partial charge in [0.05, 0.1) is 12.1 Å². The van der Waals surface area contributed by atoms with Gasteiger partial charge in [-0.3, -0.25) is 0 Å². The molecule has 0 aliphatic carbocycles. The van der Waals surface area contributed by atoms with E-state index in [1.807, 2.05) is 19.1 Å². The van der Waals surface area contributed by atoms with Crippen LogP contribution in [-0.2, 0) is 9.53 Å². The summed E-state index contributed by atoms with van der Waals surface area (Å²) < 4.78 is 4.59. The summed E-state index contributed by atoms with van der Waals surface area (Å²) in [6.07, 6.45) is 0. The van der Waals surface area contributed by atoms with Crippen molar-refractivity contribution in [2.75, 3.05) is 12.4 Å². The smallest absolute Gasteiger partial charge is 0.328 e. The van der Waals surface area contributed by atoms with E-state index in [9.17, 15) is 4.79 Å². The number of rotatable bonds is 3. The van der Waals surface area contributed by atoms with Gasteiger partial charge in [0.1, 0.15) is 6.04 Å². The Morgan fingerprint density at radius 2 is 2.21 bits per heavy atom. The highest BCUT2D eigenvalue weighted by atomic mass is 35.5. The highest BCUT2D eigenvalue weighted by Crippen LogP contribution is 2.21. The zero-order chi connectivity index (χ0) is 9.84. The first kappa shape index (κ1) is 13.3. The Morgan fingerprint density at radius 3 is 2.64 bits per heavy atom. The molecule has 0 amide bonds. The molecule has 5 heteroatoms. The van der Waals surface area contributed by atoms with Crippen LogP contribution >= 0.6 is 23.7 Å². The topological polar surface area (TPSA) is 38.3 Å². The fraction of sp³-hybridized carbons (Fsp3) is 0.444. The van der Waals surface area contributed by atoms with Gasteiger partial charge in [-0.05, 0) is 26.0 Å². The second-order valence-electron chi connectivity index (χ2n) is 2.80. The molecule has 0 bridgehead atoms. The number of ether oxygens (including phenoxy) is 1. The Kier molecular flexibility index (Phi) is 5.57. The van der Waals surface area contributed by atoms with E-state index in [-0.39, 0.29) is 24.4 Å². The van der Waals surface area contributed by atoms with Crippen LogP contribution in [0.15, 0.2) is 12.1 Å². The molecule has 0 saturated heterocycles. The zero-order valence-electron chi connectivity index (χ0n) is 8.37. The minimum absolute atomic E-state index is 0. The van der Waals surface area contributed by atoms with E-state index in [1.54, 1.807) is 18.3 Å². The Morgan fingerprint density at radius 1 is 1.57 bits per heavy atom. The largest absolute Gasteiger partial charge is 0.467 e. The van der Waals surface area contributed by atoms with E-state index in [0.29, 0.717) is 0 Å². The molecule has 0 unspecified atom stereocenters. The molecule has 1 atom stereocenters. The number of hydrogen-bond donors (Lipinski definition) is 1. The summed E-state index contributed by atoms with van der Waals surface area (Å²) in [4.78, 5) is 12.3. The molecule has 1 heterocycles. The molecule has 1 aromatic rings. The van der Waals surface area contributed by atoms with E-state index >= 15 is 0 Å². The predicted molar refractivity (Wildman–Crippen MR) is 61.4 cm³/mol. The van der Waals surface area contributed by atoms with Gasteiger partial charge < -0.3 is 10.1 Å². The van der Waals surface area contributed by atoms with Gasteiger partial charge in [0.25, 0.3) is 0 Å². The SMILES string of the molecule is COC(=O)[C@H](C)Nc1ccc(C)s1.Cl. The predicted octanol–water partition coefficient (Wildman–Crippen LogP) is 2.45. The summed E-state index contributed by atoms with van der Waals surface area (Å²) >= 11 is 1.63. The third-order valence-electron chi connectivity index (χ3n) is 1.65. The van der Waals surface area contributed by atoms with Crippen LogP contribution in [0.2, 0.25) is 0 Å². The Labute approximate surface area is 93.9 Å². The lowest BCUT2D eigenvalue weighted by atomic mass is 10.3. The van der Waals surface area contributed by atoms with Crippen molar-refractivity contribution in [1.29, 1.82) is 0 Å². The van der Waals surface area contributed by atoms with Crippen LogP contribution in [-0.4, -0.2) is 19.1 Å². The molecule has 1 N–H and O–H groups in total. The first-order valence-electron chi connectivity index (χ1n) is 4.04. The molecule has 0 aromatic carbocycles. The summed E-state index contributed by atoms with van der Waals surface area (Å²) in [7, 11) is 1.39. The fourth-order valence-electron chi connectivity index (χ4n) is 0.961. The van der Waals surface area contributed by atoms with E-state index in [2.05, 4.69) is 10.1 Å². The quantitative estimate of drug-likeness (QED) is 0.818. The van der Waals surface area contributed by atoms with Crippen LogP contribution in [0.4, 0.5) is 5.00 Å². The lowest BCUT2D eigenvalue weighted by molar-refractivity contribution is -0.141. The molecule has 80 valence electrons. The Balaban J connectivity index is 0.00000169. The molecular weight excluding hydrogens is 222 g/mol. The van der Waals surface area contributed by atoms with Crippen LogP contribution in [0.5, 0.6) is 0 Å². The third kappa shape index (κ3) is 3.55. The number of halogens is 1. The maximum absolute atomic E-state index is 11.0. The summed E-state index contributed by atoms with van der Waals surface area (Å²) in [5.74, 6) is -0.244. The van der Waals surface area contributed by atoms with E-state index in [0.717, 1.165) is 5.00 Å². The lowest BCUT2D eigenvalue weighted by Gasteiger charge is -2.10. The van der Waals surface area contributed by atoms with Gasteiger partial charge in [0.15, 0.2) is 0 Å². The number of hydrogen-bond acceptors (Lipinski definition) is 4. The van der Waals surface area contributed by atoms with Crippen LogP contribution in [0.25, 0.3) is 0 Å². The zero-order valence-corrected chi connectivity index (χ0v) is 10.00. The maximum atomic E-state index is 11.0. The molecule has 3 nitrogen and oxygen atoms in total. The number of carbonyl (C=O) groups excluding carboxylic acids is 1. The number of methoxy groups -OCH3 is 1. The standard InChI is InChI=1S/C9H13NO2S.ClH/c1-6-4-5-8(13-6)10-7(2)9(11)12-3;/h4-5,7,10H,1-3H3;1H/t7-;/m0./s1. The van der Waals surface area contributed by atoms with Crippen LogP contribution < -0.4 is 5.32 Å². The second kappa shape index (κ2) is 5.88. The van der Waals surface area contributed by atoms with Crippen molar-refractivity contribution >= 4 is 34.7 Å². The van der Waals surface area contributed by atoms with Crippen molar-refractivity contribution in [3.05, 3.63) is 17.0 Å². The summed E-state index contributed by atoms with van der Waals surface area (Å²) in [6.45, 7) is 3.81.